The molecule has 0 bridgehead atoms. The number of rotatable bonds is 6. The Labute approximate surface area is 140 Å². The van der Waals surface area contributed by atoms with Crippen LogP contribution in [0, 0.1) is 0 Å². The molecule has 1 heterocycles. The van der Waals surface area contributed by atoms with Gasteiger partial charge >= 0.3 is 0 Å². The van der Waals surface area contributed by atoms with Crippen molar-refractivity contribution in [2.24, 2.45) is 0 Å². The van der Waals surface area contributed by atoms with Gasteiger partial charge in [0.15, 0.2) is 6.61 Å². The number of hydrogen-bond acceptors (Lipinski definition) is 6. The predicted octanol–water partition coefficient (Wildman–Crippen LogP) is 3.39. The third-order valence-corrected chi connectivity index (χ3v) is 3.50. The number of methoxy groups -OCH3 is 1. The second-order valence-corrected chi connectivity index (χ2v) is 5.38. The van der Waals surface area contributed by atoms with E-state index in [1.54, 1.807) is 7.11 Å². The highest BCUT2D eigenvalue weighted by Gasteiger charge is 2.13. The molecule has 0 N–H and O–H groups in total. The van der Waals surface area contributed by atoms with E-state index in [1.165, 1.54) is 0 Å². The van der Waals surface area contributed by atoms with Crippen LogP contribution in [0.15, 0.2) is 52.9 Å². The molecule has 124 valence electrons. The molecular formula is C18H19N3O3. The maximum absolute atomic E-state index is 5.73. The Hall–Kier alpha value is -3.02. The van der Waals surface area contributed by atoms with E-state index in [9.17, 15) is 0 Å². The first-order chi connectivity index (χ1) is 11.7. The van der Waals surface area contributed by atoms with Crippen LogP contribution in [0.1, 0.15) is 5.89 Å². The number of aromatic nitrogens is 2. The Morgan fingerprint density at radius 2 is 1.88 bits per heavy atom. The Bertz CT molecular complexity index is 815. The number of anilines is 1. The van der Waals surface area contributed by atoms with Gasteiger partial charge in [-0.3, -0.25) is 0 Å². The fourth-order valence-electron chi connectivity index (χ4n) is 2.24. The van der Waals surface area contributed by atoms with Gasteiger partial charge < -0.3 is 18.8 Å². The molecule has 2 aromatic carbocycles. The van der Waals surface area contributed by atoms with Crippen LogP contribution in [-0.4, -0.2) is 31.4 Å². The van der Waals surface area contributed by atoms with Crippen LogP contribution in [0.2, 0.25) is 0 Å². The van der Waals surface area contributed by atoms with Crippen LogP contribution in [0.4, 0.5) is 5.69 Å². The van der Waals surface area contributed by atoms with Gasteiger partial charge in [0.05, 0.1) is 12.7 Å². The average Bonchev–Trinajstić information content (AvgIpc) is 3.09. The predicted molar refractivity (Wildman–Crippen MR) is 91.4 cm³/mol. The Balaban J connectivity index is 1.72. The fraction of sp³-hybridized carbons (Fsp3) is 0.222. The summed E-state index contributed by atoms with van der Waals surface area (Å²) in [7, 11) is 5.57. The monoisotopic (exact) mass is 325 g/mol. The van der Waals surface area contributed by atoms with Gasteiger partial charge in [-0.15, -0.1) is 10.2 Å². The molecule has 6 nitrogen and oxygen atoms in total. The van der Waals surface area contributed by atoms with Gasteiger partial charge in [-0.25, -0.2) is 0 Å². The molecule has 0 saturated heterocycles. The normalized spacial score (nSPS) is 10.5. The van der Waals surface area contributed by atoms with Gasteiger partial charge in [-0.1, -0.05) is 18.2 Å². The molecule has 0 aliphatic heterocycles. The average molecular weight is 325 g/mol. The highest BCUT2D eigenvalue weighted by molar-refractivity contribution is 5.62. The highest BCUT2D eigenvalue weighted by Crippen LogP contribution is 2.28. The van der Waals surface area contributed by atoms with Crippen molar-refractivity contribution in [1.29, 1.82) is 0 Å². The summed E-state index contributed by atoms with van der Waals surface area (Å²) < 4.78 is 16.7. The second kappa shape index (κ2) is 7.04. The van der Waals surface area contributed by atoms with E-state index in [1.807, 2.05) is 67.5 Å². The number of benzene rings is 2. The van der Waals surface area contributed by atoms with Gasteiger partial charge in [0, 0.05) is 25.8 Å². The first kappa shape index (κ1) is 15.9. The van der Waals surface area contributed by atoms with E-state index >= 15 is 0 Å². The molecule has 0 aliphatic carbocycles. The minimum atomic E-state index is 0.207. The molecule has 0 atom stereocenters. The van der Waals surface area contributed by atoms with E-state index in [0.717, 1.165) is 17.0 Å². The number of para-hydroxylation sites is 1. The van der Waals surface area contributed by atoms with Gasteiger partial charge in [-0.05, 0) is 24.3 Å². The fourth-order valence-corrected chi connectivity index (χ4v) is 2.24. The zero-order valence-electron chi connectivity index (χ0n) is 13.9. The lowest BCUT2D eigenvalue weighted by atomic mass is 10.2. The molecule has 6 heteroatoms. The summed E-state index contributed by atoms with van der Waals surface area (Å²) in [6.07, 6.45) is 0. The molecule has 3 rings (SSSR count). The van der Waals surface area contributed by atoms with Crippen LogP contribution in [0.3, 0.4) is 0 Å². The first-order valence-corrected chi connectivity index (χ1v) is 7.53. The summed E-state index contributed by atoms with van der Waals surface area (Å²) in [6.45, 7) is 0.207. The van der Waals surface area contributed by atoms with Crippen molar-refractivity contribution in [2.75, 3.05) is 26.1 Å². The lowest BCUT2D eigenvalue weighted by molar-refractivity contribution is 0.264. The third kappa shape index (κ3) is 3.48. The SMILES string of the molecule is COc1ccccc1-c1nnc(COc2cccc(N(C)C)c2)o1. The van der Waals surface area contributed by atoms with Crippen LogP contribution in [-0.2, 0) is 6.61 Å². The molecule has 0 saturated carbocycles. The smallest absolute Gasteiger partial charge is 0.254 e. The number of nitrogens with zero attached hydrogens (tertiary/aromatic N) is 3. The maximum Gasteiger partial charge on any atom is 0.254 e. The van der Waals surface area contributed by atoms with Gasteiger partial charge in [0.1, 0.15) is 11.5 Å². The molecule has 0 radical (unpaired) electrons. The highest BCUT2D eigenvalue weighted by atomic mass is 16.5. The summed E-state index contributed by atoms with van der Waals surface area (Å²) >= 11 is 0. The van der Waals surface area contributed by atoms with Crippen LogP contribution < -0.4 is 14.4 Å². The van der Waals surface area contributed by atoms with E-state index in [2.05, 4.69) is 10.2 Å². The summed E-state index contributed by atoms with van der Waals surface area (Å²) in [5.74, 6) is 2.25. The van der Waals surface area contributed by atoms with E-state index in [0.29, 0.717) is 17.5 Å². The third-order valence-electron chi connectivity index (χ3n) is 3.50. The molecule has 0 fully saturated rings. The van der Waals surface area contributed by atoms with Crippen molar-refractivity contribution in [3.63, 3.8) is 0 Å². The van der Waals surface area contributed by atoms with Gasteiger partial charge in [0.25, 0.3) is 11.8 Å². The first-order valence-electron chi connectivity index (χ1n) is 7.53. The lowest BCUT2D eigenvalue weighted by Gasteiger charge is -2.13. The summed E-state index contributed by atoms with van der Waals surface area (Å²) in [4.78, 5) is 2.01. The van der Waals surface area contributed by atoms with Crippen LogP contribution in [0.5, 0.6) is 11.5 Å². The minimum absolute atomic E-state index is 0.207. The lowest BCUT2D eigenvalue weighted by Crippen LogP contribution is -2.08. The van der Waals surface area contributed by atoms with Crippen molar-refractivity contribution in [3.8, 4) is 23.0 Å². The molecule has 1 aromatic heterocycles. The molecule has 0 spiro atoms. The quantitative estimate of drug-likeness (QED) is 0.692. The number of ether oxygens (including phenoxy) is 2. The van der Waals surface area contributed by atoms with E-state index < -0.39 is 0 Å². The van der Waals surface area contributed by atoms with E-state index in [-0.39, 0.29) is 6.61 Å². The molecular weight excluding hydrogens is 306 g/mol. The Morgan fingerprint density at radius 3 is 2.67 bits per heavy atom. The topological polar surface area (TPSA) is 60.6 Å². The van der Waals surface area contributed by atoms with Gasteiger partial charge in [-0.2, -0.15) is 0 Å². The summed E-state index contributed by atoms with van der Waals surface area (Å²) in [5, 5.41) is 8.10. The van der Waals surface area contributed by atoms with Crippen molar-refractivity contribution in [3.05, 3.63) is 54.4 Å². The summed E-state index contributed by atoms with van der Waals surface area (Å²) in [5.41, 5.74) is 1.82. The standard InChI is InChI=1S/C18H19N3O3/c1-21(2)13-7-6-8-14(11-13)23-12-17-19-20-18(24-17)15-9-4-5-10-16(15)22-3/h4-11H,12H2,1-3H3. The second-order valence-electron chi connectivity index (χ2n) is 5.38. The van der Waals surface area contributed by atoms with E-state index in [4.69, 9.17) is 13.9 Å². The van der Waals surface area contributed by atoms with Crippen molar-refractivity contribution in [1.82, 2.24) is 10.2 Å². The Morgan fingerprint density at radius 1 is 1.04 bits per heavy atom. The molecule has 0 amide bonds. The van der Waals surface area contributed by atoms with Gasteiger partial charge in [0.2, 0.25) is 0 Å². The van der Waals surface area contributed by atoms with Crippen LogP contribution >= 0.6 is 0 Å². The largest absolute Gasteiger partial charge is 0.496 e. The summed E-state index contributed by atoms with van der Waals surface area (Å²) in [6, 6.07) is 15.3. The number of hydrogen-bond donors (Lipinski definition) is 0. The molecule has 0 unspecified atom stereocenters. The Kier molecular flexibility index (Phi) is 4.65. The van der Waals surface area contributed by atoms with Crippen molar-refractivity contribution >= 4 is 5.69 Å². The van der Waals surface area contributed by atoms with Crippen LogP contribution in [0.25, 0.3) is 11.5 Å². The zero-order valence-corrected chi connectivity index (χ0v) is 13.9. The maximum atomic E-state index is 5.73. The minimum Gasteiger partial charge on any atom is -0.496 e. The zero-order chi connectivity index (χ0) is 16.9. The molecule has 0 aliphatic rings. The van der Waals surface area contributed by atoms with Crippen molar-refractivity contribution < 1.29 is 13.9 Å². The van der Waals surface area contributed by atoms with Crippen molar-refractivity contribution in [2.45, 2.75) is 6.61 Å². The molecule has 24 heavy (non-hydrogen) atoms. The molecule has 3 aromatic rings.